The third kappa shape index (κ3) is 1.86. The Morgan fingerprint density at radius 1 is 1.24 bits per heavy atom. The Hall–Kier alpha value is -1.63. The van der Waals surface area contributed by atoms with Crippen LogP contribution in [0.5, 0.6) is 0 Å². The predicted molar refractivity (Wildman–Crippen MR) is 61.7 cm³/mol. The van der Waals surface area contributed by atoms with E-state index >= 15 is 0 Å². The van der Waals surface area contributed by atoms with Crippen LogP contribution < -0.4 is 0 Å². The minimum Gasteiger partial charge on any atom is -0.269 e. The summed E-state index contributed by atoms with van der Waals surface area (Å²) in [5.74, 6) is -0.616. The molecule has 4 nitrogen and oxygen atoms in total. The number of hydrogen-bond acceptors (Lipinski definition) is 3. The van der Waals surface area contributed by atoms with Gasteiger partial charge in [-0.1, -0.05) is 25.7 Å². The molecule has 2 rings (SSSR count). The van der Waals surface area contributed by atoms with Crippen molar-refractivity contribution in [3.63, 3.8) is 0 Å². The van der Waals surface area contributed by atoms with Crippen molar-refractivity contribution >= 4 is 11.8 Å². The SMILES string of the molecule is CC1=CC(=O)N(C2(C#N)CCCCCC2)C1=O. The topological polar surface area (TPSA) is 61.2 Å². The number of nitrogens with zero attached hydrogens (tertiary/aromatic N) is 2. The molecule has 1 saturated carbocycles. The Balaban J connectivity index is 2.33. The van der Waals surface area contributed by atoms with Gasteiger partial charge in [-0.05, 0) is 19.8 Å². The first-order valence-corrected chi connectivity index (χ1v) is 6.09. The normalized spacial score (nSPS) is 24.2. The van der Waals surface area contributed by atoms with Gasteiger partial charge in [-0.2, -0.15) is 5.26 Å². The van der Waals surface area contributed by atoms with E-state index < -0.39 is 5.54 Å². The number of carbonyl (C=O) groups excluding carboxylic acids is 2. The molecule has 1 heterocycles. The number of imide groups is 1. The van der Waals surface area contributed by atoms with Crippen molar-refractivity contribution in [3.05, 3.63) is 11.6 Å². The highest BCUT2D eigenvalue weighted by molar-refractivity contribution is 6.16. The molecular weight excluding hydrogens is 216 g/mol. The fourth-order valence-corrected chi connectivity index (χ4v) is 2.69. The fourth-order valence-electron chi connectivity index (χ4n) is 2.69. The van der Waals surface area contributed by atoms with Crippen LogP contribution in [0.2, 0.25) is 0 Å². The molecular formula is C13H16N2O2. The van der Waals surface area contributed by atoms with E-state index in [1.165, 1.54) is 11.0 Å². The van der Waals surface area contributed by atoms with E-state index in [4.69, 9.17) is 0 Å². The largest absolute Gasteiger partial charge is 0.269 e. The summed E-state index contributed by atoms with van der Waals surface area (Å²) < 4.78 is 0. The highest BCUT2D eigenvalue weighted by Crippen LogP contribution is 2.35. The molecule has 0 aromatic carbocycles. The summed E-state index contributed by atoms with van der Waals surface area (Å²) in [6, 6.07) is 2.23. The number of rotatable bonds is 1. The lowest BCUT2D eigenvalue weighted by molar-refractivity contribution is -0.142. The Bertz CT molecular complexity index is 423. The van der Waals surface area contributed by atoms with Crippen molar-refractivity contribution < 1.29 is 9.59 Å². The van der Waals surface area contributed by atoms with Crippen molar-refractivity contribution in [2.45, 2.75) is 51.0 Å². The molecule has 0 radical (unpaired) electrons. The van der Waals surface area contributed by atoms with Crippen LogP contribution in [0.25, 0.3) is 0 Å². The smallest absolute Gasteiger partial charge is 0.257 e. The predicted octanol–water partition coefficient (Wildman–Crippen LogP) is 1.92. The number of hydrogen-bond donors (Lipinski definition) is 0. The summed E-state index contributed by atoms with van der Waals surface area (Å²) in [7, 11) is 0. The zero-order chi connectivity index (χ0) is 12.5. The number of nitriles is 1. The molecule has 1 aliphatic carbocycles. The van der Waals surface area contributed by atoms with Crippen molar-refractivity contribution in [1.29, 1.82) is 5.26 Å². The molecule has 0 spiro atoms. The van der Waals surface area contributed by atoms with E-state index in [-0.39, 0.29) is 11.8 Å². The minimum absolute atomic E-state index is 0.293. The molecule has 0 saturated heterocycles. The van der Waals surface area contributed by atoms with Gasteiger partial charge in [-0.15, -0.1) is 0 Å². The van der Waals surface area contributed by atoms with Gasteiger partial charge in [0.05, 0.1) is 6.07 Å². The van der Waals surface area contributed by atoms with E-state index in [9.17, 15) is 14.9 Å². The summed E-state index contributed by atoms with van der Waals surface area (Å²) in [6.45, 7) is 1.63. The second kappa shape index (κ2) is 4.33. The molecule has 90 valence electrons. The quantitative estimate of drug-likeness (QED) is 0.512. The Morgan fingerprint density at radius 2 is 1.82 bits per heavy atom. The zero-order valence-electron chi connectivity index (χ0n) is 10.0. The molecule has 4 heteroatoms. The van der Waals surface area contributed by atoms with E-state index in [1.54, 1.807) is 6.92 Å². The lowest BCUT2D eigenvalue weighted by Gasteiger charge is -2.33. The molecule has 0 atom stereocenters. The van der Waals surface area contributed by atoms with Gasteiger partial charge in [-0.25, -0.2) is 0 Å². The molecule has 0 N–H and O–H groups in total. The number of amides is 2. The van der Waals surface area contributed by atoms with Crippen LogP contribution in [0.15, 0.2) is 11.6 Å². The van der Waals surface area contributed by atoms with Crippen molar-refractivity contribution in [2.75, 3.05) is 0 Å². The third-order valence-electron chi connectivity index (χ3n) is 3.67. The standard InChI is InChI=1S/C13H16N2O2/c1-10-8-11(16)15(12(10)17)13(9-14)6-4-2-3-5-7-13/h8H,2-7H2,1H3. The van der Waals surface area contributed by atoms with Gasteiger partial charge in [0.15, 0.2) is 0 Å². The monoisotopic (exact) mass is 232 g/mol. The average Bonchev–Trinajstić information content (AvgIpc) is 2.51. The van der Waals surface area contributed by atoms with E-state index in [2.05, 4.69) is 6.07 Å². The molecule has 2 aliphatic rings. The maximum Gasteiger partial charge on any atom is 0.257 e. The highest BCUT2D eigenvalue weighted by atomic mass is 16.2. The minimum atomic E-state index is -0.904. The van der Waals surface area contributed by atoms with Crippen LogP contribution in [0.4, 0.5) is 0 Å². The van der Waals surface area contributed by atoms with Crippen LogP contribution in [0.1, 0.15) is 45.4 Å². The van der Waals surface area contributed by atoms with Gasteiger partial charge >= 0.3 is 0 Å². The van der Waals surface area contributed by atoms with Crippen LogP contribution in [0.3, 0.4) is 0 Å². The Labute approximate surface area is 101 Å². The van der Waals surface area contributed by atoms with E-state index in [0.717, 1.165) is 25.7 Å². The number of carbonyl (C=O) groups is 2. The molecule has 0 bridgehead atoms. The van der Waals surface area contributed by atoms with Crippen molar-refractivity contribution in [2.24, 2.45) is 0 Å². The van der Waals surface area contributed by atoms with Crippen LogP contribution >= 0.6 is 0 Å². The van der Waals surface area contributed by atoms with Crippen LogP contribution in [-0.2, 0) is 9.59 Å². The summed E-state index contributed by atoms with van der Waals surface area (Å²) in [5.41, 5.74) is -0.465. The average molecular weight is 232 g/mol. The lowest BCUT2D eigenvalue weighted by atomic mass is 9.89. The van der Waals surface area contributed by atoms with Gasteiger partial charge in [-0.3, -0.25) is 14.5 Å². The third-order valence-corrected chi connectivity index (χ3v) is 3.67. The maximum absolute atomic E-state index is 12.0. The molecule has 0 unspecified atom stereocenters. The lowest BCUT2D eigenvalue weighted by Crippen LogP contribution is -2.51. The first kappa shape index (κ1) is 11.8. The first-order chi connectivity index (χ1) is 8.10. The van der Waals surface area contributed by atoms with Crippen LogP contribution in [-0.4, -0.2) is 22.3 Å². The fraction of sp³-hybridized carbons (Fsp3) is 0.615. The first-order valence-electron chi connectivity index (χ1n) is 6.09. The second-order valence-corrected chi connectivity index (χ2v) is 4.86. The summed E-state index contributed by atoms with van der Waals surface area (Å²) >= 11 is 0. The van der Waals surface area contributed by atoms with Crippen molar-refractivity contribution in [3.8, 4) is 6.07 Å². The van der Waals surface area contributed by atoms with Gasteiger partial charge in [0.25, 0.3) is 11.8 Å². The molecule has 1 fully saturated rings. The van der Waals surface area contributed by atoms with Gasteiger partial charge < -0.3 is 0 Å². The van der Waals surface area contributed by atoms with Gasteiger partial charge in [0.2, 0.25) is 0 Å². The summed E-state index contributed by atoms with van der Waals surface area (Å²) in [4.78, 5) is 25.0. The maximum atomic E-state index is 12.0. The van der Waals surface area contributed by atoms with Gasteiger partial charge in [0.1, 0.15) is 5.54 Å². The van der Waals surface area contributed by atoms with E-state index in [0.29, 0.717) is 18.4 Å². The molecule has 17 heavy (non-hydrogen) atoms. The molecule has 2 amide bonds. The molecule has 0 aromatic rings. The Morgan fingerprint density at radius 3 is 2.24 bits per heavy atom. The summed E-state index contributed by atoms with van der Waals surface area (Å²) in [6.07, 6.45) is 6.53. The summed E-state index contributed by atoms with van der Waals surface area (Å²) in [5, 5.41) is 9.43. The van der Waals surface area contributed by atoms with Crippen LogP contribution in [0, 0.1) is 11.3 Å². The molecule has 1 aliphatic heterocycles. The second-order valence-electron chi connectivity index (χ2n) is 4.86. The Kier molecular flexibility index (Phi) is 3.01. The van der Waals surface area contributed by atoms with E-state index in [1.807, 2.05) is 0 Å². The molecule has 0 aromatic heterocycles. The highest BCUT2D eigenvalue weighted by Gasteiger charge is 2.46. The van der Waals surface area contributed by atoms with Crippen molar-refractivity contribution in [1.82, 2.24) is 4.90 Å². The van der Waals surface area contributed by atoms with Gasteiger partial charge in [0, 0.05) is 11.6 Å². The zero-order valence-corrected chi connectivity index (χ0v) is 10.0.